The van der Waals surface area contributed by atoms with Gasteiger partial charge in [0.15, 0.2) is 0 Å². The van der Waals surface area contributed by atoms with Crippen LogP contribution in [0.15, 0.2) is 16.6 Å². The van der Waals surface area contributed by atoms with Crippen molar-refractivity contribution in [3.8, 4) is 5.75 Å². The van der Waals surface area contributed by atoms with Crippen LogP contribution in [0.1, 0.15) is 62.0 Å². The minimum Gasteiger partial charge on any atom is -0.496 e. The second kappa shape index (κ2) is 7.98. The predicted octanol–water partition coefficient (Wildman–Crippen LogP) is 4.95. The summed E-state index contributed by atoms with van der Waals surface area (Å²) in [5.74, 6) is 1.86. The fraction of sp³-hybridized carbons (Fsp3) is 0.500. The number of ether oxygens (including phenoxy) is 1. The van der Waals surface area contributed by atoms with Crippen molar-refractivity contribution < 1.29 is 13.9 Å². The lowest BCUT2D eigenvalue weighted by atomic mass is 9.93. The summed E-state index contributed by atoms with van der Waals surface area (Å²) in [6.07, 6.45) is 8.20. The first-order chi connectivity index (χ1) is 12.6. The topological polar surface area (TPSA) is 51.5 Å². The summed E-state index contributed by atoms with van der Waals surface area (Å²) in [5, 5.41) is 4.12. The number of allylic oxidation sites excluding steroid dienone is 1. The van der Waals surface area contributed by atoms with Crippen LogP contribution in [-0.4, -0.2) is 19.6 Å². The molecule has 1 N–H and O–H groups in total. The Morgan fingerprint density at radius 3 is 2.85 bits per heavy atom. The lowest BCUT2D eigenvalue weighted by Crippen LogP contribution is -2.22. The van der Waals surface area contributed by atoms with Crippen LogP contribution in [0.4, 0.5) is 0 Å². The zero-order valence-electron chi connectivity index (χ0n) is 16.3. The summed E-state index contributed by atoms with van der Waals surface area (Å²) in [4.78, 5) is 12.2. The Balaban J connectivity index is 2.02. The van der Waals surface area contributed by atoms with Gasteiger partial charge in [-0.05, 0) is 51.2 Å². The molecule has 3 rings (SSSR count). The maximum atomic E-state index is 12.2. The number of furan rings is 1. The molecule has 0 saturated carbocycles. The molecule has 0 saturated heterocycles. The lowest BCUT2D eigenvalue weighted by Gasteiger charge is -2.13. The van der Waals surface area contributed by atoms with E-state index in [1.807, 2.05) is 13.8 Å². The molecule has 0 aliphatic heterocycles. The van der Waals surface area contributed by atoms with Crippen LogP contribution in [0.3, 0.4) is 0 Å². The number of rotatable bonds is 6. The molecule has 26 heavy (non-hydrogen) atoms. The van der Waals surface area contributed by atoms with Crippen molar-refractivity contribution in [1.29, 1.82) is 0 Å². The third-order valence-corrected chi connectivity index (χ3v) is 5.23. The second-order valence-corrected chi connectivity index (χ2v) is 7.14. The van der Waals surface area contributed by atoms with Gasteiger partial charge in [-0.25, -0.2) is 0 Å². The molecule has 4 heteroatoms. The Labute approximate surface area is 155 Å². The highest BCUT2D eigenvalue weighted by molar-refractivity contribution is 5.98. The molecule has 1 aromatic carbocycles. The van der Waals surface area contributed by atoms with Gasteiger partial charge in [-0.2, -0.15) is 0 Å². The van der Waals surface area contributed by atoms with Gasteiger partial charge in [0.1, 0.15) is 17.1 Å². The monoisotopic (exact) mass is 355 g/mol. The van der Waals surface area contributed by atoms with E-state index in [2.05, 4.69) is 18.3 Å². The zero-order chi connectivity index (χ0) is 18.7. The number of aryl methyl sites for hydroxylation is 3. The van der Waals surface area contributed by atoms with Gasteiger partial charge in [0.25, 0.3) is 0 Å². The van der Waals surface area contributed by atoms with Gasteiger partial charge in [0.2, 0.25) is 5.91 Å². The smallest absolute Gasteiger partial charge is 0.244 e. The molecule has 0 bridgehead atoms. The van der Waals surface area contributed by atoms with Crippen LogP contribution in [-0.2, 0) is 17.6 Å². The van der Waals surface area contributed by atoms with Crippen LogP contribution >= 0.6 is 0 Å². The van der Waals surface area contributed by atoms with E-state index < -0.39 is 0 Å². The van der Waals surface area contributed by atoms with Crippen molar-refractivity contribution in [3.05, 3.63) is 34.6 Å². The van der Waals surface area contributed by atoms with Crippen LogP contribution in [0, 0.1) is 6.92 Å². The molecule has 0 fully saturated rings. The minimum atomic E-state index is -0.0509. The molecular weight excluding hydrogens is 326 g/mol. The minimum absolute atomic E-state index is 0.0509. The Bertz CT molecular complexity index is 845. The van der Waals surface area contributed by atoms with Crippen LogP contribution in [0.5, 0.6) is 5.75 Å². The van der Waals surface area contributed by atoms with Crippen molar-refractivity contribution in [3.63, 3.8) is 0 Å². The van der Waals surface area contributed by atoms with Crippen molar-refractivity contribution >= 4 is 22.4 Å². The molecule has 0 spiro atoms. The first kappa shape index (κ1) is 18.6. The first-order valence-corrected chi connectivity index (χ1v) is 9.65. The number of benzene rings is 1. The Hall–Kier alpha value is -2.23. The van der Waals surface area contributed by atoms with Gasteiger partial charge in [-0.1, -0.05) is 13.3 Å². The van der Waals surface area contributed by atoms with Gasteiger partial charge in [-0.15, -0.1) is 0 Å². The molecular formula is C22H29NO3. The predicted molar refractivity (Wildman–Crippen MR) is 106 cm³/mol. The maximum absolute atomic E-state index is 12.2. The SMILES string of the molecule is CCCCNC(=O)/C=C(\C)c1cc2c3c(oc2c(C)c1OC)CCCC3. The van der Waals surface area contributed by atoms with E-state index in [9.17, 15) is 4.79 Å². The third-order valence-electron chi connectivity index (χ3n) is 5.23. The molecule has 140 valence electrons. The van der Waals surface area contributed by atoms with Gasteiger partial charge in [0.05, 0.1) is 7.11 Å². The summed E-state index contributed by atoms with van der Waals surface area (Å²) in [6, 6.07) is 2.14. The van der Waals surface area contributed by atoms with E-state index in [0.29, 0.717) is 6.54 Å². The fourth-order valence-electron chi connectivity index (χ4n) is 3.81. The summed E-state index contributed by atoms with van der Waals surface area (Å²) in [6.45, 7) is 6.83. The van der Waals surface area contributed by atoms with E-state index in [1.54, 1.807) is 13.2 Å². The average Bonchev–Trinajstić information content (AvgIpc) is 3.01. The van der Waals surface area contributed by atoms with E-state index in [4.69, 9.17) is 9.15 Å². The van der Waals surface area contributed by atoms with Crippen molar-refractivity contribution in [2.75, 3.05) is 13.7 Å². The molecule has 2 aromatic rings. The Kier molecular flexibility index (Phi) is 5.70. The molecule has 1 amide bonds. The number of unbranched alkanes of at least 4 members (excludes halogenated alkanes) is 1. The van der Waals surface area contributed by atoms with E-state index >= 15 is 0 Å². The van der Waals surface area contributed by atoms with Gasteiger partial charge in [-0.3, -0.25) is 4.79 Å². The van der Waals surface area contributed by atoms with Crippen LogP contribution in [0.25, 0.3) is 16.5 Å². The van der Waals surface area contributed by atoms with E-state index in [-0.39, 0.29) is 5.91 Å². The number of carbonyl (C=O) groups excluding carboxylic acids is 1. The van der Waals surface area contributed by atoms with Gasteiger partial charge < -0.3 is 14.5 Å². The number of nitrogens with one attached hydrogen (secondary N) is 1. The van der Waals surface area contributed by atoms with Crippen molar-refractivity contribution in [2.24, 2.45) is 0 Å². The largest absolute Gasteiger partial charge is 0.496 e. The zero-order valence-corrected chi connectivity index (χ0v) is 16.3. The normalized spacial score (nSPS) is 14.4. The summed E-state index contributed by atoms with van der Waals surface area (Å²) in [5.41, 5.74) is 5.15. The molecule has 4 nitrogen and oxygen atoms in total. The number of methoxy groups -OCH3 is 1. The molecule has 1 aliphatic rings. The van der Waals surface area contributed by atoms with Crippen molar-refractivity contribution in [2.45, 2.75) is 59.3 Å². The van der Waals surface area contributed by atoms with Gasteiger partial charge >= 0.3 is 0 Å². The molecule has 0 radical (unpaired) electrons. The highest BCUT2D eigenvalue weighted by Crippen LogP contribution is 2.40. The number of hydrogen-bond donors (Lipinski definition) is 1. The first-order valence-electron chi connectivity index (χ1n) is 9.65. The summed E-state index contributed by atoms with van der Waals surface area (Å²) in [7, 11) is 1.68. The van der Waals surface area contributed by atoms with Crippen LogP contribution in [0.2, 0.25) is 0 Å². The van der Waals surface area contributed by atoms with Gasteiger partial charge in [0, 0.05) is 41.1 Å². The summed E-state index contributed by atoms with van der Waals surface area (Å²) >= 11 is 0. The number of carbonyl (C=O) groups is 1. The average molecular weight is 355 g/mol. The molecule has 0 atom stereocenters. The quantitative estimate of drug-likeness (QED) is 0.589. The van der Waals surface area contributed by atoms with Crippen LogP contribution < -0.4 is 10.1 Å². The maximum Gasteiger partial charge on any atom is 0.244 e. The van der Waals surface area contributed by atoms with E-state index in [1.165, 1.54) is 23.8 Å². The second-order valence-electron chi connectivity index (χ2n) is 7.14. The Morgan fingerprint density at radius 2 is 2.12 bits per heavy atom. The molecule has 1 aliphatic carbocycles. The molecule has 1 aromatic heterocycles. The fourth-order valence-corrected chi connectivity index (χ4v) is 3.81. The molecule has 0 unspecified atom stereocenters. The number of hydrogen-bond acceptors (Lipinski definition) is 3. The molecule has 1 heterocycles. The standard InChI is InChI=1S/C22H29NO3/c1-5-6-11-23-20(24)12-14(2)17-13-18-16-9-7-8-10-19(16)26-22(18)15(3)21(17)25-4/h12-13H,5-11H2,1-4H3,(H,23,24)/b14-12+. The highest BCUT2D eigenvalue weighted by atomic mass is 16.5. The number of fused-ring (bicyclic) bond motifs is 3. The Morgan fingerprint density at radius 1 is 1.35 bits per heavy atom. The van der Waals surface area contributed by atoms with E-state index in [0.717, 1.165) is 59.5 Å². The highest BCUT2D eigenvalue weighted by Gasteiger charge is 2.22. The van der Waals surface area contributed by atoms with Crippen molar-refractivity contribution in [1.82, 2.24) is 5.32 Å². The third kappa shape index (κ3) is 3.50. The lowest BCUT2D eigenvalue weighted by molar-refractivity contribution is -0.116. The summed E-state index contributed by atoms with van der Waals surface area (Å²) < 4.78 is 11.9. The number of amides is 1.